The van der Waals surface area contributed by atoms with Crippen LogP contribution in [0, 0.1) is 10.1 Å². The molecule has 1 N–H and O–H groups in total. The van der Waals surface area contributed by atoms with Gasteiger partial charge in [-0.25, -0.2) is 9.97 Å². The van der Waals surface area contributed by atoms with Crippen LogP contribution in [0.2, 0.25) is 0 Å². The average molecular weight is 288 g/mol. The molecule has 0 amide bonds. The molecule has 0 unspecified atom stereocenters. The van der Waals surface area contributed by atoms with E-state index in [1.165, 1.54) is 24.3 Å². The number of non-ortho nitro benzene ring substituents is 1. The van der Waals surface area contributed by atoms with Crippen molar-refractivity contribution in [3.63, 3.8) is 0 Å². The lowest BCUT2D eigenvalue weighted by molar-refractivity contribution is -0.384. The maximum Gasteiger partial charge on any atom is 0.321 e. The van der Waals surface area contributed by atoms with Crippen molar-refractivity contribution in [1.82, 2.24) is 15.3 Å². The van der Waals surface area contributed by atoms with Crippen molar-refractivity contribution in [2.45, 2.75) is 19.9 Å². The van der Waals surface area contributed by atoms with Crippen LogP contribution in [0.25, 0.3) is 0 Å². The summed E-state index contributed by atoms with van der Waals surface area (Å²) < 4.78 is 5.43. The van der Waals surface area contributed by atoms with E-state index in [1.54, 1.807) is 12.4 Å². The van der Waals surface area contributed by atoms with E-state index in [9.17, 15) is 10.1 Å². The molecule has 0 atom stereocenters. The van der Waals surface area contributed by atoms with Gasteiger partial charge in [0.15, 0.2) is 0 Å². The zero-order valence-corrected chi connectivity index (χ0v) is 11.7. The number of rotatable bonds is 7. The molecule has 0 aliphatic heterocycles. The minimum Gasteiger partial charge on any atom is -0.424 e. The summed E-state index contributed by atoms with van der Waals surface area (Å²) in [5.74, 6) is 0.456. The maximum atomic E-state index is 10.6. The zero-order valence-electron chi connectivity index (χ0n) is 11.7. The molecule has 2 aromatic rings. The fraction of sp³-hybridized carbons (Fsp3) is 0.286. The third kappa shape index (κ3) is 4.50. The second-order valence-electron chi connectivity index (χ2n) is 4.40. The van der Waals surface area contributed by atoms with Crippen molar-refractivity contribution in [3.05, 3.63) is 52.3 Å². The Balaban J connectivity index is 1.94. The Hall–Kier alpha value is -2.54. The highest BCUT2D eigenvalue weighted by Crippen LogP contribution is 2.21. The lowest BCUT2D eigenvalue weighted by Crippen LogP contribution is -2.14. The fourth-order valence-corrected chi connectivity index (χ4v) is 1.64. The summed E-state index contributed by atoms with van der Waals surface area (Å²) in [4.78, 5) is 18.3. The van der Waals surface area contributed by atoms with Gasteiger partial charge in [0.1, 0.15) is 5.75 Å². The van der Waals surface area contributed by atoms with Gasteiger partial charge in [0.05, 0.1) is 4.92 Å². The van der Waals surface area contributed by atoms with E-state index in [0.717, 1.165) is 18.5 Å². The van der Waals surface area contributed by atoms with Crippen LogP contribution in [0.3, 0.4) is 0 Å². The second-order valence-corrected chi connectivity index (χ2v) is 4.40. The van der Waals surface area contributed by atoms with Crippen LogP contribution in [0.5, 0.6) is 11.8 Å². The molecule has 0 radical (unpaired) electrons. The first-order chi connectivity index (χ1) is 10.2. The topological polar surface area (TPSA) is 90.2 Å². The summed E-state index contributed by atoms with van der Waals surface area (Å²) in [6, 6.07) is 5.98. The number of hydrogen-bond donors (Lipinski definition) is 1. The average Bonchev–Trinajstić information content (AvgIpc) is 2.50. The monoisotopic (exact) mass is 288 g/mol. The highest BCUT2D eigenvalue weighted by atomic mass is 16.6. The van der Waals surface area contributed by atoms with Gasteiger partial charge in [0.25, 0.3) is 5.69 Å². The first kappa shape index (κ1) is 14.9. The van der Waals surface area contributed by atoms with Crippen LogP contribution in [-0.2, 0) is 6.54 Å². The maximum absolute atomic E-state index is 10.6. The molecule has 7 heteroatoms. The Bertz CT molecular complexity index is 584. The van der Waals surface area contributed by atoms with E-state index in [-0.39, 0.29) is 11.7 Å². The van der Waals surface area contributed by atoms with Gasteiger partial charge in [-0.3, -0.25) is 10.1 Å². The Morgan fingerprint density at radius 2 is 1.90 bits per heavy atom. The molecule has 21 heavy (non-hydrogen) atoms. The number of nitro benzene ring substituents is 1. The van der Waals surface area contributed by atoms with E-state index in [2.05, 4.69) is 22.2 Å². The smallest absolute Gasteiger partial charge is 0.321 e. The van der Waals surface area contributed by atoms with Crippen molar-refractivity contribution in [3.8, 4) is 11.8 Å². The van der Waals surface area contributed by atoms with Gasteiger partial charge in [-0.2, -0.15) is 0 Å². The third-order valence-corrected chi connectivity index (χ3v) is 2.69. The van der Waals surface area contributed by atoms with Crippen molar-refractivity contribution in [1.29, 1.82) is 0 Å². The molecule has 0 fully saturated rings. The first-order valence-corrected chi connectivity index (χ1v) is 6.63. The Morgan fingerprint density at radius 3 is 2.48 bits per heavy atom. The van der Waals surface area contributed by atoms with Crippen LogP contribution < -0.4 is 10.1 Å². The van der Waals surface area contributed by atoms with Crippen LogP contribution >= 0.6 is 0 Å². The zero-order chi connectivity index (χ0) is 15.1. The van der Waals surface area contributed by atoms with Gasteiger partial charge in [0.2, 0.25) is 0 Å². The van der Waals surface area contributed by atoms with Gasteiger partial charge in [-0.15, -0.1) is 0 Å². The molecule has 1 aromatic heterocycles. The summed E-state index contributed by atoms with van der Waals surface area (Å²) in [6.07, 6.45) is 4.45. The minimum absolute atomic E-state index is 0.0145. The molecule has 0 bridgehead atoms. The second kappa shape index (κ2) is 7.30. The van der Waals surface area contributed by atoms with Crippen LogP contribution in [0.15, 0.2) is 36.7 Å². The SMILES string of the molecule is CCCNCc1cnc(Oc2ccc([N+](=O)[O-])cc2)nc1. The molecule has 0 aliphatic rings. The molecule has 0 saturated heterocycles. The van der Waals surface area contributed by atoms with Crippen LogP contribution in [-0.4, -0.2) is 21.4 Å². The Morgan fingerprint density at radius 1 is 1.24 bits per heavy atom. The quantitative estimate of drug-likeness (QED) is 0.478. The molecule has 0 spiro atoms. The molecule has 0 aliphatic carbocycles. The standard InChI is InChI=1S/C14H16N4O3/c1-2-7-15-8-11-9-16-14(17-10-11)21-13-5-3-12(4-6-13)18(19)20/h3-6,9-10,15H,2,7-8H2,1H3. The van der Waals surface area contributed by atoms with Gasteiger partial charge in [-0.05, 0) is 25.1 Å². The number of ether oxygens (including phenoxy) is 1. The number of hydrogen-bond acceptors (Lipinski definition) is 6. The molecule has 1 aromatic carbocycles. The van der Waals surface area contributed by atoms with Gasteiger partial charge in [-0.1, -0.05) is 6.92 Å². The van der Waals surface area contributed by atoms with E-state index in [4.69, 9.17) is 4.74 Å². The Labute approximate surface area is 122 Å². The summed E-state index contributed by atoms with van der Waals surface area (Å²) in [5.41, 5.74) is 0.986. The van der Waals surface area contributed by atoms with E-state index >= 15 is 0 Å². The fourth-order valence-electron chi connectivity index (χ4n) is 1.64. The van der Waals surface area contributed by atoms with Crippen molar-refractivity contribution < 1.29 is 9.66 Å². The summed E-state index contributed by atoms with van der Waals surface area (Å²) >= 11 is 0. The van der Waals surface area contributed by atoms with Crippen LogP contribution in [0.1, 0.15) is 18.9 Å². The summed E-state index contributed by atoms with van der Waals surface area (Å²) in [6.45, 7) is 3.76. The van der Waals surface area contributed by atoms with E-state index in [1.807, 2.05) is 0 Å². The first-order valence-electron chi connectivity index (χ1n) is 6.63. The molecule has 7 nitrogen and oxygen atoms in total. The predicted molar refractivity (Wildman–Crippen MR) is 77.2 cm³/mol. The van der Waals surface area contributed by atoms with Crippen molar-refractivity contribution >= 4 is 5.69 Å². The van der Waals surface area contributed by atoms with Crippen molar-refractivity contribution in [2.75, 3.05) is 6.54 Å². The van der Waals surface area contributed by atoms with E-state index in [0.29, 0.717) is 12.3 Å². The number of aromatic nitrogens is 2. The van der Waals surface area contributed by atoms with Gasteiger partial charge >= 0.3 is 6.01 Å². The molecule has 1 heterocycles. The number of nitrogens with zero attached hydrogens (tertiary/aromatic N) is 3. The Kier molecular flexibility index (Phi) is 5.16. The summed E-state index contributed by atoms with van der Waals surface area (Å²) in [7, 11) is 0. The minimum atomic E-state index is -0.460. The van der Waals surface area contributed by atoms with Crippen LogP contribution in [0.4, 0.5) is 5.69 Å². The molecule has 110 valence electrons. The molecular formula is C14H16N4O3. The highest BCUT2D eigenvalue weighted by Gasteiger charge is 2.06. The predicted octanol–water partition coefficient (Wildman–Crippen LogP) is 2.68. The number of nitrogens with one attached hydrogen (secondary N) is 1. The largest absolute Gasteiger partial charge is 0.424 e. The van der Waals surface area contributed by atoms with E-state index < -0.39 is 4.92 Å². The third-order valence-electron chi connectivity index (χ3n) is 2.69. The lowest BCUT2D eigenvalue weighted by atomic mass is 10.3. The molecule has 2 rings (SSSR count). The molecular weight excluding hydrogens is 272 g/mol. The molecule has 0 saturated carbocycles. The lowest BCUT2D eigenvalue weighted by Gasteiger charge is -2.05. The van der Waals surface area contributed by atoms with Gasteiger partial charge < -0.3 is 10.1 Å². The van der Waals surface area contributed by atoms with Crippen molar-refractivity contribution in [2.24, 2.45) is 0 Å². The number of nitro groups is 1. The normalized spacial score (nSPS) is 10.3. The highest BCUT2D eigenvalue weighted by molar-refractivity contribution is 5.36. The summed E-state index contributed by atoms with van der Waals surface area (Å²) in [5, 5.41) is 13.8. The number of benzene rings is 1. The van der Waals surface area contributed by atoms with Gasteiger partial charge in [0, 0.05) is 36.6 Å².